The Morgan fingerprint density at radius 3 is 2.57 bits per heavy atom. The lowest BCUT2D eigenvalue weighted by Gasteiger charge is -2.21. The third-order valence-corrected chi connectivity index (χ3v) is 4.17. The number of ketones is 1. The predicted molar refractivity (Wildman–Crippen MR) is 86.3 cm³/mol. The highest BCUT2D eigenvalue weighted by Crippen LogP contribution is 2.23. The lowest BCUT2D eigenvalue weighted by Crippen LogP contribution is -2.25. The molecule has 1 fully saturated rings. The normalized spacial score (nSPS) is 15.5. The number of rotatable bonds is 4. The molecule has 23 heavy (non-hydrogen) atoms. The van der Waals surface area contributed by atoms with Gasteiger partial charge in [0.15, 0.2) is 0 Å². The van der Waals surface area contributed by atoms with Gasteiger partial charge in [0.05, 0.1) is 23.5 Å². The van der Waals surface area contributed by atoms with Crippen LogP contribution in [0.5, 0.6) is 0 Å². The fourth-order valence-corrected chi connectivity index (χ4v) is 2.76. The zero-order valence-corrected chi connectivity index (χ0v) is 12.8. The van der Waals surface area contributed by atoms with Crippen LogP contribution < -0.4 is 5.73 Å². The molecule has 1 aromatic carbocycles. The van der Waals surface area contributed by atoms with Gasteiger partial charge in [-0.1, -0.05) is 0 Å². The number of carbonyl (C=O) groups excluding carboxylic acids is 1. The molecule has 0 saturated carbocycles. The first-order valence-corrected chi connectivity index (χ1v) is 7.75. The van der Waals surface area contributed by atoms with Crippen molar-refractivity contribution in [1.29, 1.82) is 0 Å². The number of ether oxygens (including phenoxy) is 1. The van der Waals surface area contributed by atoms with E-state index in [1.165, 1.54) is 12.1 Å². The second-order valence-electron chi connectivity index (χ2n) is 5.77. The largest absolute Gasteiger partial charge is 0.397 e. The van der Waals surface area contributed by atoms with E-state index in [0.717, 1.165) is 18.4 Å². The average molecular weight is 314 g/mol. The van der Waals surface area contributed by atoms with Gasteiger partial charge >= 0.3 is 0 Å². The van der Waals surface area contributed by atoms with Gasteiger partial charge in [-0.15, -0.1) is 0 Å². The molecule has 4 nitrogen and oxygen atoms in total. The Morgan fingerprint density at radius 1 is 1.17 bits per heavy atom. The quantitative estimate of drug-likeness (QED) is 0.942. The van der Waals surface area contributed by atoms with E-state index < -0.39 is 0 Å². The van der Waals surface area contributed by atoms with Crippen molar-refractivity contribution in [1.82, 2.24) is 4.98 Å². The second kappa shape index (κ2) is 6.87. The molecule has 1 aliphatic heterocycles. The first-order valence-electron chi connectivity index (χ1n) is 7.75. The topological polar surface area (TPSA) is 65.2 Å². The smallest absolute Gasteiger partial charge is 0.142 e. The summed E-state index contributed by atoms with van der Waals surface area (Å²) in [4.78, 5) is 16.9. The lowest BCUT2D eigenvalue weighted by atomic mass is 9.92. The minimum Gasteiger partial charge on any atom is -0.397 e. The first kappa shape index (κ1) is 15.6. The third-order valence-electron chi connectivity index (χ3n) is 4.17. The van der Waals surface area contributed by atoms with E-state index in [2.05, 4.69) is 4.98 Å². The molecule has 120 valence electrons. The van der Waals surface area contributed by atoms with Gasteiger partial charge < -0.3 is 10.5 Å². The number of hydrogen-bond donors (Lipinski definition) is 1. The van der Waals surface area contributed by atoms with Crippen LogP contribution in [-0.2, 0) is 16.0 Å². The van der Waals surface area contributed by atoms with Crippen molar-refractivity contribution in [2.24, 2.45) is 5.92 Å². The maximum atomic E-state index is 13.0. The second-order valence-corrected chi connectivity index (χ2v) is 5.77. The highest BCUT2D eigenvalue weighted by Gasteiger charge is 2.22. The van der Waals surface area contributed by atoms with Crippen LogP contribution in [0, 0.1) is 11.7 Å². The minimum atomic E-state index is -0.292. The van der Waals surface area contributed by atoms with Crippen LogP contribution in [0.3, 0.4) is 0 Å². The number of carbonyl (C=O) groups is 1. The zero-order chi connectivity index (χ0) is 16.2. The van der Waals surface area contributed by atoms with Gasteiger partial charge in [-0.05, 0) is 49.2 Å². The van der Waals surface area contributed by atoms with E-state index >= 15 is 0 Å². The van der Waals surface area contributed by atoms with Crippen molar-refractivity contribution in [2.45, 2.75) is 19.3 Å². The molecular weight excluding hydrogens is 295 g/mol. The first-order chi connectivity index (χ1) is 11.1. The Balaban J connectivity index is 1.80. The molecule has 2 aromatic rings. The number of benzene rings is 1. The van der Waals surface area contributed by atoms with Crippen LogP contribution in [-0.4, -0.2) is 24.0 Å². The van der Waals surface area contributed by atoms with Crippen LogP contribution in [0.2, 0.25) is 0 Å². The fraction of sp³-hybridized carbons (Fsp3) is 0.333. The van der Waals surface area contributed by atoms with Crippen LogP contribution in [0.15, 0.2) is 36.4 Å². The minimum absolute atomic E-state index is 0.0272. The summed E-state index contributed by atoms with van der Waals surface area (Å²) in [7, 11) is 0. The van der Waals surface area contributed by atoms with Gasteiger partial charge in [-0.25, -0.2) is 4.39 Å². The number of nitrogen functional groups attached to an aromatic ring is 1. The van der Waals surface area contributed by atoms with Gasteiger partial charge in [0.2, 0.25) is 0 Å². The fourth-order valence-electron chi connectivity index (χ4n) is 2.76. The summed E-state index contributed by atoms with van der Waals surface area (Å²) in [5, 5.41) is 0. The number of nitrogens with two attached hydrogens (primary N) is 1. The molecule has 3 rings (SSSR count). The van der Waals surface area contributed by atoms with Gasteiger partial charge in [0.1, 0.15) is 11.6 Å². The summed E-state index contributed by atoms with van der Waals surface area (Å²) < 4.78 is 18.3. The summed E-state index contributed by atoms with van der Waals surface area (Å²) in [6.45, 7) is 1.27. The number of aromatic nitrogens is 1. The number of Topliss-reactive ketones (excluding diaryl/α,β-unsaturated/α-hetero) is 1. The summed E-state index contributed by atoms with van der Waals surface area (Å²) in [6, 6.07) is 9.64. The molecule has 2 N–H and O–H groups in total. The Kier molecular flexibility index (Phi) is 4.67. The SMILES string of the molecule is Nc1ccc(-c2ccc(F)cc2)nc1CC(=O)C1CCOCC1. The highest BCUT2D eigenvalue weighted by molar-refractivity contribution is 5.84. The maximum Gasteiger partial charge on any atom is 0.142 e. The van der Waals surface area contributed by atoms with Gasteiger partial charge in [-0.3, -0.25) is 9.78 Å². The lowest BCUT2D eigenvalue weighted by molar-refractivity contribution is -0.125. The standard InChI is InChI=1S/C18H19FN2O2/c19-14-3-1-12(2-4-14)16-6-5-15(20)17(21-16)11-18(22)13-7-9-23-10-8-13/h1-6,13H,7-11,20H2. The van der Waals surface area contributed by atoms with Crippen molar-refractivity contribution < 1.29 is 13.9 Å². The monoisotopic (exact) mass is 314 g/mol. The molecule has 1 saturated heterocycles. The average Bonchev–Trinajstić information content (AvgIpc) is 2.58. The van der Waals surface area contributed by atoms with Crippen molar-refractivity contribution in [3.63, 3.8) is 0 Å². The Labute approximate surface area is 134 Å². The number of nitrogens with zero attached hydrogens (tertiary/aromatic N) is 1. The molecule has 0 unspecified atom stereocenters. The predicted octanol–water partition coefficient (Wildman–Crippen LogP) is 3.01. The molecule has 0 radical (unpaired) electrons. The molecular formula is C18H19FN2O2. The van der Waals surface area contributed by atoms with Crippen LogP contribution in [0.25, 0.3) is 11.3 Å². The molecule has 0 bridgehead atoms. The summed E-state index contributed by atoms with van der Waals surface area (Å²) in [5.74, 6) is -0.109. The van der Waals surface area contributed by atoms with Crippen molar-refractivity contribution in [2.75, 3.05) is 18.9 Å². The van der Waals surface area contributed by atoms with Gasteiger partial charge in [0.25, 0.3) is 0 Å². The summed E-state index contributed by atoms with van der Waals surface area (Å²) >= 11 is 0. The van der Waals surface area contributed by atoms with E-state index in [9.17, 15) is 9.18 Å². The number of halogens is 1. The van der Waals surface area contributed by atoms with E-state index in [0.29, 0.717) is 30.3 Å². The van der Waals surface area contributed by atoms with E-state index in [1.807, 2.05) is 0 Å². The number of hydrogen-bond acceptors (Lipinski definition) is 4. The molecule has 5 heteroatoms. The van der Waals surface area contributed by atoms with Crippen molar-refractivity contribution in [3.05, 3.63) is 47.9 Å². The van der Waals surface area contributed by atoms with Crippen molar-refractivity contribution >= 4 is 11.5 Å². The van der Waals surface area contributed by atoms with Crippen molar-refractivity contribution in [3.8, 4) is 11.3 Å². The van der Waals surface area contributed by atoms with Crippen LogP contribution >= 0.6 is 0 Å². The Bertz CT molecular complexity index is 695. The molecule has 0 spiro atoms. The van der Waals surface area contributed by atoms with E-state index in [-0.39, 0.29) is 23.9 Å². The molecule has 0 aliphatic carbocycles. The molecule has 0 amide bonds. The molecule has 1 aromatic heterocycles. The summed E-state index contributed by atoms with van der Waals surface area (Å²) in [5.41, 5.74) is 8.55. The Hall–Kier alpha value is -2.27. The molecule has 0 atom stereocenters. The number of pyridine rings is 1. The van der Waals surface area contributed by atoms with E-state index in [4.69, 9.17) is 10.5 Å². The van der Waals surface area contributed by atoms with Gasteiger partial charge in [0, 0.05) is 24.7 Å². The Morgan fingerprint density at radius 2 is 1.87 bits per heavy atom. The molecule has 2 heterocycles. The van der Waals surface area contributed by atoms with Crippen LogP contribution in [0.1, 0.15) is 18.5 Å². The van der Waals surface area contributed by atoms with Gasteiger partial charge in [-0.2, -0.15) is 0 Å². The maximum absolute atomic E-state index is 13.0. The zero-order valence-electron chi connectivity index (χ0n) is 12.8. The molecule has 1 aliphatic rings. The van der Waals surface area contributed by atoms with E-state index in [1.54, 1.807) is 24.3 Å². The third kappa shape index (κ3) is 3.74. The summed E-state index contributed by atoms with van der Waals surface area (Å²) in [6.07, 6.45) is 1.75. The van der Waals surface area contributed by atoms with Crippen LogP contribution in [0.4, 0.5) is 10.1 Å². The highest BCUT2D eigenvalue weighted by atomic mass is 19.1. The number of anilines is 1.